The topological polar surface area (TPSA) is 42.4 Å². The molecule has 1 aliphatic heterocycles. The highest BCUT2D eigenvalue weighted by molar-refractivity contribution is 5.75. The van der Waals surface area contributed by atoms with E-state index in [1.165, 1.54) is 12.8 Å². The molecule has 1 saturated heterocycles. The molecule has 1 aromatic heterocycles. The minimum Gasteiger partial charge on any atom is -0.374 e. The number of aryl methyl sites for hydroxylation is 1. The van der Waals surface area contributed by atoms with E-state index in [0.29, 0.717) is 17.7 Å². The zero-order chi connectivity index (χ0) is 12.5. The number of carbonyl (C=O) groups is 1. The van der Waals surface area contributed by atoms with E-state index in [1.807, 2.05) is 13.0 Å². The van der Waals surface area contributed by atoms with Crippen LogP contribution in [0.5, 0.6) is 0 Å². The van der Waals surface area contributed by atoms with Gasteiger partial charge in [-0.15, -0.1) is 0 Å². The van der Waals surface area contributed by atoms with Crippen molar-refractivity contribution in [3.05, 3.63) is 23.4 Å². The number of anilines is 1. The van der Waals surface area contributed by atoms with Crippen LogP contribution in [0.1, 0.15) is 35.2 Å². The Balaban J connectivity index is 1.91. The molecule has 4 nitrogen and oxygen atoms in total. The second-order valence-corrected chi connectivity index (χ2v) is 5.13. The van der Waals surface area contributed by atoms with Crippen LogP contribution in [0.3, 0.4) is 0 Å². The summed E-state index contributed by atoms with van der Waals surface area (Å²) in [5.41, 5.74) is 1.72. The first-order chi connectivity index (χ1) is 8.79. The molecular formula is C14H18N2O2. The molecule has 2 atom stereocenters. The molecule has 0 N–H and O–H groups in total. The molecule has 2 heterocycles. The zero-order valence-corrected chi connectivity index (χ0v) is 10.6. The maximum Gasteiger partial charge on any atom is 0.151 e. The molecule has 0 amide bonds. The van der Waals surface area contributed by atoms with Crippen molar-refractivity contribution in [2.45, 2.75) is 38.3 Å². The summed E-state index contributed by atoms with van der Waals surface area (Å²) in [5, 5.41) is 0. The number of hydrogen-bond donors (Lipinski definition) is 0. The number of pyridine rings is 1. The summed E-state index contributed by atoms with van der Waals surface area (Å²) in [6, 6.07) is 2.38. The van der Waals surface area contributed by atoms with Crippen LogP contribution in [0.4, 0.5) is 5.82 Å². The van der Waals surface area contributed by atoms with Crippen LogP contribution in [-0.2, 0) is 4.74 Å². The lowest BCUT2D eigenvalue weighted by Crippen LogP contribution is -2.49. The van der Waals surface area contributed by atoms with Crippen LogP contribution < -0.4 is 4.90 Å². The Morgan fingerprint density at radius 1 is 1.50 bits per heavy atom. The van der Waals surface area contributed by atoms with E-state index < -0.39 is 0 Å². The Hall–Kier alpha value is -1.42. The lowest BCUT2D eigenvalue weighted by molar-refractivity contribution is 0.0253. The van der Waals surface area contributed by atoms with Gasteiger partial charge in [0.15, 0.2) is 6.29 Å². The first kappa shape index (κ1) is 11.7. The van der Waals surface area contributed by atoms with E-state index in [1.54, 1.807) is 6.20 Å². The van der Waals surface area contributed by atoms with Crippen LogP contribution in [0.2, 0.25) is 0 Å². The standard InChI is InChI=1S/C14H18N2O2/c1-10-7-11(9-17)8-15-14(10)16-5-6-18-13-4-2-3-12(13)16/h7-9,12-13H,2-6H2,1H3. The maximum atomic E-state index is 10.8. The van der Waals surface area contributed by atoms with Crippen molar-refractivity contribution in [3.63, 3.8) is 0 Å². The Kier molecular flexibility index (Phi) is 3.04. The Morgan fingerprint density at radius 3 is 3.17 bits per heavy atom. The zero-order valence-electron chi connectivity index (χ0n) is 10.6. The van der Waals surface area contributed by atoms with E-state index in [4.69, 9.17) is 4.74 Å². The number of nitrogens with zero attached hydrogens (tertiary/aromatic N) is 2. The number of morpholine rings is 1. The summed E-state index contributed by atoms with van der Waals surface area (Å²) >= 11 is 0. The fraction of sp³-hybridized carbons (Fsp3) is 0.571. The fourth-order valence-corrected chi connectivity index (χ4v) is 3.14. The quantitative estimate of drug-likeness (QED) is 0.748. The van der Waals surface area contributed by atoms with Gasteiger partial charge in [0.05, 0.1) is 18.8 Å². The Morgan fingerprint density at radius 2 is 2.39 bits per heavy atom. The van der Waals surface area contributed by atoms with E-state index in [9.17, 15) is 4.79 Å². The molecule has 18 heavy (non-hydrogen) atoms. The van der Waals surface area contributed by atoms with Gasteiger partial charge in [0, 0.05) is 18.3 Å². The van der Waals surface area contributed by atoms with Crippen molar-refractivity contribution in [2.75, 3.05) is 18.1 Å². The van der Waals surface area contributed by atoms with Gasteiger partial charge in [-0.3, -0.25) is 4.79 Å². The molecule has 0 spiro atoms. The molecule has 1 aromatic rings. The molecule has 2 unspecified atom stereocenters. The van der Waals surface area contributed by atoms with Crippen molar-refractivity contribution in [1.29, 1.82) is 0 Å². The maximum absolute atomic E-state index is 10.8. The number of fused-ring (bicyclic) bond motifs is 1. The van der Waals surface area contributed by atoms with Crippen LogP contribution >= 0.6 is 0 Å². The number of aromatic nitrogens is 1. The van der Waals surface area contributed by atoms with Gasteiger partial charge in [-0.1, -0.05) is 0 Å². The molecule has 2 fully saturated rings. The number of aldehydes is 1. The second-order valence-electron chi connectivity index (χ2n) is 5.13. The van der Waals surface area contributed by atoms with E-state index in [-0.39, 0.29) is 0 Å². The first-order valence-corrected chi connectivity index (χ1v) is 6.59. The SMILES string of the molecule is Cc1cc(C=O)cnc1N1CCOC2CCCC21. The largest absolute Gasteiger partial charge is 0.374 e. The third-order valence-corrected chi connectivity index (χ3v) is 3.96. The fourth-order valence-electron chi connectivity index (χ4n) is 3.14. The molecular weight excluding hydrogens is 228 g/mol. The van der Waals surface area contributed by atoms with Gasteiger partial charge >= 0.3 is 0 Å². The third kappa shape index (κ3) is 1.90. The van der Waals surface area contributed by atoms with Gasteiger partial charge in [-0.05, 0) is 37.8 Å². The first-order valence-electron chi connectivity index (χ1n) is 6.59. The van der Waals surface area contributed by atoms with Crippen molar-refractivity contribution >= 4 is 12.1 Å². The van der Waals surface area contributed by atoms with Gasteiger partial charge in [0.25, 0.3) is 0 Å². The molecule has 1 saturated carbocycles. The number of carbonyl (C=O) groups excluding carboxylic acids is 1. The van der Waals surface area contributed by atoms with Crippen molar-refractivity contribution < 1.29 is 9.53 Å². The van der Waals surface area contributed by atoms with Crippen molar-refractivity contribution in [2.24, 2.45) is 0 Å². The highest BCUT2D eigenvalue weighted by Crippen LogP contribution is 2.33. The molecule has 0 aromatic carbocycles. The average Bonchev–Trinajstić information content (AvgIpc) is 2.87. The number of hydrogen-bond acceptors (Lipinski definition) is 4. The highest BCUT2D eigenvalue weighted by Gasteiger charge is 2.37. The van der Waals surface area contributed by atoms with Gasteiger partial charge in [0.2, 0.25) is 0 Å². The minimum atomic E-state index is 0.366. The second kappa shape index (κ2) is 4.69. The summed E-state index contributed by atoms with van der Waals surface area (Å²) < 4.78 is 5.81. The summed E-state index contributed by atoms with van der Waals surface area (Å²) in [4.78, 5) is 17.6. The summed E-state index contributed by atoms with van der Waals surface area (Å²) in [6.45, 7) is 3.70. The summed E-state index contributed by atoms with van der Waals surface area (Å²) in [6.07, 6.45) is 6.45. The van der Waals surface area contributed by atoms with Crippen LogP contribution in [0.25, 0.3) is 0 Å². The Labute approximate surface area is 107 Å². The third-order valence-electron chi connectivity index (χ3n) is 3.96. The summed E-state index contributed by atoms with van der Waals surface area (Å²) in [5.74, 6) is 1.01. The van der Waals surface area contributed by atoms with Gasteiger partial charge in [0.1, 0.15) is 5.82 Å². The van der Waals surface area contributed by atoms with Gasteiger partial charge in [-0.25, -0.2) is 4.98 Å². The number of rotatable bonds is 2. The normalized spacial score (nSPS) is 27.1. The van der Waals surface area contributed by atoms with Crippen LogP contribution in [0.15, 0.2) is 12.3 Å². The monoisotopic (exact) mass is 246 g/mol. The van der Waals surface area contributed by atoms with Gasteiger partial charge < -0.3 is 9.64 Å². The van der Waals surface area contributed by atoms with Crippen LogP contribution in [-0.4, -0.2) is 36.6 Å². The van der Waals surface area contributed by atoms with E-state index >= 15 is 0 Å². The van der Waals surface area contributed by atoms with Crippen molar-refractivity contribution in [3.8, 4) is 0 Å². The van der Waals surface area contributed by atoms with Crippen LogP contribution in [0, 0.1) is 6.92 Å². The minimum absolute atomic E-state index is 0.366. The molecule has 0 bridgehead atoms. The molecule has 0 radical (unpaired) electrons. The lowest BCUT2D eigenvalue weighted by Gasteiger charge is -2.39. The smallest absolute Gasteiger partial charge is 0.151 e. The van der Waals surface area contributed by atoms with Crippen molar-refractivity contribution in [1.82, 2.24) is 4.98 Å². The highest BCUT2D eigenvalue weighted by atomic mass is 16.5. The summed E-state index contributed by atoms with van der Waals surface area (Å²) in [7, 11) is 0. The average molecular weight is 246 g/mol. The predicted molar refractivity (Wildman–Crippen MR) is 69.1 cm³/mol. The molecule has 4 heteroatoms. The molecule has 3 rings (SSSR count). The van der Waals surface area contributed by atoms with Gasteiger partial charge in [-0.2, -0.15) is 0 Å². The lowest BCUT2D eigenvalue weighted by atomic mass is 10.1. The Bertz CT molecular complexity index is 461. The van der Waals surface area contributed by atoms with E-state index in [2.05, 4.69) is 9.88 Å². The molecule has 2 aliphatic rings. The van der Waals surface area contributed by atoms with E-state index in [0.717, 1.165) is 37.2 Å². The number of ether oxygens (including phenoxy) is 1. The molecule has 96 valence electrons. The molecule has 1 aliphatic carbocycles. The predicted octanol–water partition coefficient (Wildman–Crippen LogP) is 1.96.